The Morgan fingerprint density at radius 1 is 1.56 bits per heavy atom. The lowest BCUT2D eigenvalue weighted by molar-refractivity contribution is -0.138. The van der Waals surface area contributed by atoms with E-state index in [1.807, 2.05) is 6.92 Å². The predicted octanol–water partition coefficient (Wildman–Crippen LogP) is 1.24. The van der Waals surface area contributed by atoms with Gasteiger partial charge in [0.2, 0.25) is 5.91 Å². The number of carboxylic acids is 1. The zero-order valence-corrected chi connectivity index (χ0v) is 10.2. The number of nitrogens with two attached hydrogens (primary N) is 1. The Labute approximate surface area is 105 Å². The highest BCUT2D eigenvalue weighted by Gasteiger charge is 2.17. The normalized spacial score (nSPS) is 11.8. The van der Waals surface area contributed by atoms with Gasteiger partial charge in [-0.3, -0.25) is 4.79 Å². The molecule has 1 atom stereocenters. The van der Waals surface area contributed by atoms with Gasteiger partial charge >= 0.3 is 5.97 Å². The van der Waals surface area contributed by atoms with E-state index >= 15 is 0 Å². The summed E-state index contributed by atoms with van der Waals surface area (Å²) in [5, 5.41) is 11.8. The lowest BCUT2D eigenvalue weighted by Crippen LogP contribution is -2.29. The van der Waals surface area contributed by atoms with Crippen molar-refractivity contribution in [3.8, 4) is 0 Å². The number of anilines is 1. The zero-order valence-electron chi connectivity index (χ0n) is 10.2. The molecule has 1 unspecified atom stereocenters. The van der Waals surface area contributed by atoms with Crippen LogP contribution in [-0.4, -0.2) is 28.0 Å². The third-order valence-corrected chi connectivity index (χ3v) is 2.51. The summed E-state index contributed by atoms with van der Waals surface area (Å²) in [5.74, 6) is -1.16. The fourth-order valence-electron chi connectivity index (χ4n) is 1.51. The summed E-state index contributed by atoms with van der Waals surface area (Å²) in [5.41, 5.74) is 5.44. The maximum Gasteiger partial charge on any atom is 0.326 e. The number of unbranched alkanes of at least 4 members (excludes halogenated alkanes) is 1. The molecule has 1 aromatic rings. The van der Waals surface area contributed by atoms with Crippen molar-refractivity contribution in [2.45, 2.75) is 32.2 Å². The number of rotatable bonds is 7. The highest BCUT2D eigenvalue weighted by Crippen LogP contribution is 2.11. The molecule has 0 aliphatic heterocycles. The average Bonchev–Trinajstić information content (AvgIpc) is 2.34. The number of nitrogens with one attached hydrogen (secondary N) is 1. The molecule has 6 heteroatoms. The standard InChI is InChI=1S/C12H17N3O3/c1-2-3-4-9(12(17)18)15-10-7-8(11(13)16)5-6-14-10/h5-7,9H,2-4H2,1H3,(H2,13,16)(H,14,15)(H,17,18). The van der Waals surface area contributed by atoms with Crippen LogP contribution in [0.2, 0.25) is 0 Å². The van der Waals surface area contributed by atoms with Crippen molar-refractivity contribution in [1.82, 2.24) is 4.98 Å². The van der Waals surface area contributed by atoms with Gasteiger partial charge in [0.05, 0.1) is 0 Å². The highest BCUT2D eigenvalue weighted by molar-refractivity contribution is 5.93. The molecular formula is C12H17N3O3. The van der Waals surface area contributed by atoms with Gasteiger partial charge in [0, 0.05) is 11.8 Å². The number of pyridine rings is 1. The SMILES string of the molecule is CCCCC(Nc1cc(C(N)=O)ccn1)C(=O)O. The van der Waals surface area contributed by atoms with E-state index in [1.54, 1.807) is 0 Å². The molecule has 1 heterocycles. The van der Waals surface area contributed by atoms with Crippen LogP contribution in [0.5, 0.6) is 0 Å². The molecule has 0 aromatic carbocycles. The largest absolute Gasteiger partial charge is 0.480 e. The van der Waals surface area contributed by atoms with E-state index in [-0.39, 0.29) is 0 Å². The van der Waals surface area contributed by atoms with Crippen LogP contribution in [0.3, 0.4) is 0 Å². The van der Waals surface area contributed by atoms with E-state index in [4.69, 9.17) is 10.8 Å². The Hall–Kier alpha value is -2.11. The number of carbonyl (C=O) groups excluding carboxylic acids is 1. The molecule has 1 amide bonds. The van der Waals surface area contributed by atoms with Crippen LogP contribution in [0, 0.1) is 0 Å². The van der Waals surface area contributed by atoms with E-state index in [0.717, 1.165) is 12.8 Å². The Kier molecular flexibility index (Phi) is 5.10. The maximum absolute atomic E-state index is 11.0. The van der Waals surface area contributed by atoms with Gasteiger partial charge in [0.15, 0.2) is 0 Å². The predicted molar refractivity (Wildman–Crippen MR) is 67.3 cm³/mol. The van der Waals surface area contributed by atoms with Crippen molar-refractivity contribution in [3.63, 3.8) is 0 Å². The van der Waals surface area contributed by atoms with Gasteiger partial charge in [-0.1, -0.05) is 19.8 Å². The number of aliphatic carboxylic acids is 1. The number of hydrogen-bond acceptors (Lipinski definition) is 4. The molecule has 98 valence electrons. The first kappa shape index (κ1) is 14.0. The van der Waals surface area contributed by atoms with Crippen molar-refractivity contribution in [2.75, 3.05) is 5.32 Å². The zero-order chi connectivity index (χ0) is 13.5. The van der Waals surface area contributed by atoms with Crippen LogP contribution in [0.1, 0.15) is 36.5 Å². The van der Waals surface area contributed by atoms with E-state index in [2.05, 4.69) is 10.3 Å². The van der Waals surface area contributed by atoms with Gasteiger partial charge in [0.25, 0.3) is 0 Å². The van der Waals surface area contributed by atoms with Crippen LogP contribution < -0.4 is 11.1 Å². The lowest BCUT2D eigenvalue weighted by Gasteiger charge is -2.14. The molecule has 0 radical (unpaired) electrons. The smallest absolute Gasteiger partial charge is 0.326 e. The summed E-state index contributed by atoms with van der Waals surface area (Å²) in [6.45, 7) is 1.99. The molecule has 0 aliphatic rings. The summed E-state index contributed by atoms with van der Waals surface area (Å²) in [6, 6.07) is 2.22. The highest BCUT2D eigenvalue weighted by atomic mass is 16.4. The Balaban J connectivity index is 2.77. The quantitative estimate of drug-likeness (QED) is 0.676. The molecule has 0 aliphatic carbocycles. The number of hydrogen-bond donors (Lipinski definition) is 3. The number of amides is 1. The number of carbonyl (C=O) groups is 2. The molecule has 0 saturated carbocycles. The van der Waals surface area contributed by atoms with Gasteiger partial charge in [-0.15, -0.1) is 0 Å². The first-order valence-electron chi connectivity index (χ1n) is 5.79. The van der Waals surface area contributed by atoms with Crippen molar-refractivity contribution in [1.29, 1.82) is 0 Å². The first-order valence-corrected chi connectivity index (χ1v) is 5.79. The molecule has 1 rings (SSSR count). The second-order valence-electron chi connectivity index (χ2n) is 3.97. The summed E-state index contributed by atoms with van der Waals surface area (Å²) in [4.78, 5) is 26.0. The molecule has 1 aromatic heterocycles. The van der Waals surface area contributed by atoms with Crippen LogP contribution in [0.25, 0.3) is 0 Å². The summed E-state index contributed by atoms with van der Waals surface area (Å²) < 4.78 is 0. The fraction of sp³-hybridized carbons (Fsp3) is 0.417. The molecular weight excluding hydrogens is 234 g/mol. The molecule has 4 N–H and O–H groups in total. The number of aromatic nitrogens is 1. The van der Waals surface area contributed by atoms with Crippen molar-refractivity contribution in [3.05, 3.63) is 23.9 Å². The monoisotopic (exact) mass is 251 g/mol. The van der Waals surface area contributed by atoms with Gasteiger partial charge in [-0.2, -0.15) is 0 Å². The molecule has 0 saturated heterocycles. The van der Waals surface area contributed by atoms with Crippen molar-refractivity contribution < 1.29 is 14.7 Å². The third-order valence-electron chi connectivity index (χ3n) is 2.51. The average molecular weight is 251 g/mol. The number of carboxylic acid groups (broad SMARTS) is 1. The maximum atomic E-state index is 11.0. The van der Waals surface area contributed by atoms with Crippen LogP contribution in [0.15, 0.2) is 18.3 Å². The lowest BCUT2D eigenvalue weighted by atomic mass is 10.1. The molecule has 6 nitrogen and oxygen atoms in total. The minimum atomic E-state index is -0.935. The van der Waals surface area contributed by atoms with Gasteiger partial charge in [0.1, 0.15) is 11.9 Å². The summed E-state index contributed by atoms with van der Waals surface area (Å²) in [6.07, 6.45) is 3.65. The van der Waals surface area contributed by atoms with Gasteiger partial charge < -0.3 is 16.2 Å². The Morgan fingerprint density at radius 2 is 2.28 bits per heavy atom. The minimum absolute atomic E-state index is 0.298. The second-order valence-corrected chi connectivity index (χ2v) is 3.97. The molecule has 0 bridgehead atoms. The van der Waals surface area contributed by atoms with Crippen molar-refractivity contribution >= 4 is 17.7 Å². The Bertz CT molecular complexity index is 434. The van der Waals surface area contributed by atoms with Gasteiger partial charge in [-0.25, -0.2) is 9.78 Å². The van der Waals surface area contributed by atoms with E-state index in [9.17, 15) is 9.59 Å². The molecule has 0 fully saturated rings. The first-order chi connectivity index (χ1) is 8.54. The molecule has 0 spiro atoms. The second kappa shape index (κ2) is 6.58. The van der Waals surface area contributed by atoms with Crippen LogP contribution in [-0.2, 0) is 4.79 Å². The fourth-order valence-corrected chi connectivity index (χ4v) is 1.51. The van der Waals surface area contributed by atoms with Crippen LogP contribution >= 0.6 is 0 Å². The minimum Gasteiger partial charge on any atom is -0.480 e. The third kappa shape index (κ3) is 4.04. The van der Waals surface area contributed by atoms with Gasteiger partial charge in [-0.05, 0) is 18.6 Å². The summed E-state index contributed by atoms with van der Waals surface area (Å²) in [7, 11) is 0. The van der Waals surface area contributed by atoms with E-state index in [0.29, 0.717) is 17.8 Å². The number of primary amides is 1. The summed E-state index contributed by atoms with van der Waals surface area (Å²) >= 11 is 0. The van der Waals surface area contributed by atoms with Crippen LogP contribution in [0.4, 0.5) is 5.82 Å². The Morgan fingerprint density at radius 3 is 2.83 bits per heavy atom. The molecule has 18 heavy (non-hydrogen) atoms. The van der Waals surface area contributed by atoms with Crippen molar-refractivity contribution in [2.24, 2.45) is 5.73 Å². The number of nitrogens with zero attached hydrogens (tertiary/aromatic N) is 1. The van der Waals surface area contributed by atoms with E-state index in [1.165, 1.54) is 18.3 Å². The van der Waals surface area contributed by atoms with E-state index < -0.39 is 17.9 Å². The topological polar surface area (TPSA) is 105 Å².